The Bertz CT molecular complexity index is 1180. The van der Waals surface area contributed by atoms with Crippen molar-refractivity contribution in [1.82, 2.24) is 0 Å². The minimum absolute atomic E-state index is 0.0610. The average molecular weight is 453 g/mol. The van der Waals surface area contributed by atoms with Crippen LogP contribution in [0.5, 0.6) is 17.2 Å². The van der Waals surface area contributed by atoms with Crippen molar-refractivity contribution in [1.29, 1.82) is 0 Å². The predicted octanol–water partition coefficient (Wildman–Crippen LogP) is 5.64. The van der Waals surface area contributed by atoms with E-state index >= 15 is 0 Å². The molecule has 2 aromatic rings. The Hall–Kier alpha value is -3.28. The lowest BCUT2D eigenvalue weighted by atomic mass is 9.75. The van der Waals surface area contributed by atoms with Crippen LogP contribution in [0.15, 0.2) is 35.4 Å². The lowest BCUT2D eigenvalue weighted by Crippen LogP contribution is -2.40. The third kappa shape index (κ3) is 5.21. The SMILES string of the molecule is CC(=O)O[C@]1(C)CC(=O)c2c(c(CC=C(C)CCC=C(C)C)c3cc(O)cc(O)c3c2O)C1. The van der Waals surface area contributed by atoms with Crippen LogP contribution in [-0.2, 0) is 22.4 Å². The number of esters is 1. The summed E-state index contributed by atoms with van der Waals surface area (Å²) in [6.45, 7) is 9.17. The van der Waals surface area contributed by atoms with Gasteiger partial charge in [-0.3, -0.25) is 9.59 Å². The second-order valence-electron chi connectivity index (χ2n) is 9.46. The van der Waals surface area contributed by atoms with Crippen molar-refractivity contribution in [3.8, 4) is 17.2 Å². The Morgan fingerprint density at radius 1 is 1.09 bits per heavy atom. The van der Waals surface area contributed by atoms with E-state index in [-0.39, 0.29) is 46.8 Å². The summed E-state index contributed by atoms with van der Waals surface area (Å²) in [5.74, 6) is -1.57. The summed E-state index contributed by atoms with van der Waals surface area (Å²) in [7, 11) is 0. The number of benzene rings is 2. The summed E-state index contributed by atoms with van der Waals surface area (Å²) in [4.78, 5) is 24.8. The van der Waals surface area contributed by atoms with E-state index in [0.29, 0.717) is 17.4 Å². The van der Waals surface area contributed by atoms with Gasteiger partial charge in [0.2, 0.25) is 0 Å². The Labute approximate surface area is 194 Å². The molecular formula is C27H32O6. The first-order valence-electron chi connectivity index (χ1n) is 11.2. The van der Waals surface area contributed by atoms with Gasteiger partial charge >= 0.3 is 5.97 Å². The molecule has 2 aromatic carbocycles. The zero-order valence-corrected chi connectivity index (χ0v) is 19.9. The maximum absolute atomic E-state index is 13.1. The number of Topliss-reactive ketones (excluding diaryl/α,β-unsaturated/α-hetero) is 1. The Balaban J connectivity index is 2.19. The first-order valence-corrected chi connectivity index (χ1v) is 11.2. The summed E-state index contributed by atoms with van der Waals surface area (Å²) in [6, 6.07) is 2.63. The molecule has 0 saturated heterocycles. The van der Waals surface area contributed by atoms with Gasteiger partial charge in [0.15, 0.2) is 5.78 Å². The number of hydrogen-bond acceptors (Lipinski definition) is 6. The minimum atomic E-state index is -1.04. The molecule has 0 saturated carbocycles. The minimum Gasteiger partial charge on any atom is -0.508 e. The van der Waals surface area contributed by atoms with E-state index in [4.69, 9.17) is 4.74 Å². The number of hydrogen-bond donors (Lipinski definition) is 3. The molecule has 0 aliphatic heterocycles. The van der Waals surface area contributed by atoms with Crippen molar-refractivity contribution in [2.24, 2.45) is 0 Å². The highest BCUT2D eigenvalue weighted by Crippen LogP contribution is 2.46. The van der Waals surface area contributed by atoms with Crippen LogP contribution >= 0.6 is 0 Å². The van der Waals surface area contributed by atoms with Crippen LogP contribution in [-0.4, -0.2) is 32.7 Å². The van der Waals surface area contributed by atoms with Gasteiger partial charge in [-0.1, -0.05) is 23.3 Å². The van der Waals surface area contributed by atoms with E-state index in [1.54, 1.807) is 6.92 Å². The van der Waals surface area contributed by atoms with Gasteiger partial charge in [0.1, 0.15) is 22.8 Å². The van der Waals surface area contributed by atoms with Crippen molar-refractivity contribution in [3.05, 3.63) is 52.1 Å². The van der Waals surface area contributed by atoms with E-state index in [1.807, 2.05) is 6.92 Å². The first-order chi connectivity index (χ1) is 15.4. The van der Waals surface area contributed by atoms with Crippen LogP contribution in [0, 0.1) is 0 Å². The maximum Gasteiger partial charge on any atom is 0.303 e. The molecule has 33 heavy (non-hydrogen) atoms. The number of fused-ring (bicyclic) bond motifs is 2. The zero-order valence-electron chi connectivity index (χ0n) is 19.9. The molecule has 0 bridgehead atoms. The fraction of sp³-hybridized carbons (Fsp3) is 0.407. The lowest BCUT2D eigenvalue weighted by molar-refractivity contribution is -0.155. The Kier molecular flexibility index (Phi) is 6.86. The number of phenolic OH excluding ortho intramolecular Hbond substituents is 3. The summed E-state index contributed by atoms with van der Waals surface area (Å²) in [6.07, 6.45) is 6.66. The van der Waals surface area contributed by atoms with Gasteiger partial charge in [0.25, 0.3) is 0 Å². The highest BCUT2D eigenvalue weighted by atomic mass is 16.6. The van der Waals surface area contributed by atoms with E-state index in [9.17, 15) is 24.9 Å². The number of aromatic hydroxyl groups is 3. The molecule has 3 N–H and O–H groups in total. The van der Waals surface area contributed by atoms with Gasteiger partial charge in [0.05, 0.1) is 17.4 Å². The van der Waals surface area contributed by atoms with Gasteiger partial charge < -0.3 is 20.1 Å². The lowest BCUT2D eigenvalue weighted by Gasteiger charge is -2.35. The molecule has 0 amide bonds. The number of carbonyl (C=O) groups is 2. The number of rotatable bonds is 6. The summed E-state index contributed by atoms with van der Waals surface area (Å²) in [5, 5.41) is 32.2. The Morgan fingerprint density at radius 3 is 2.42 bits per heavy atom. The molecule has 6 nitrogen and oxygen atoms in total. The Morgan fingerprint density at radius 2 is 1.79 bits per heavy atom. The van der Waals surface area contributed by atoms with Crippen LogP contribution in [0.4, 0.5) is 0 Å². The molecule has 176 valence electrons. The van der Waals surface area contributed by atoms with Crippen LogP contribution in [0.3, 0.4) is 0 Å². The molecule has 1 atom stereocenters. The predicted molar refractivity (Wildman–Crippen MR) is 128 cm³/mol. The number of allylic oxidation sites excluding steroid dienone is 4. The topological polar surface area (TPSA) is 104 Å². The van der Waals surface area contributed by atoms with E-state index in [2.05, 4.69) is 26.0 Å². The molecule has 0 fully saturated rings. The fourth-order valence-corrected chi connectivity index (χ4v) is 4.66. The number of ketones is 1. The highest BCUT2D eigenvalue weighted by molar-refractivity contribution is 6.10. The largest absolute Gasteiger partial charge is 0.508 e. The molecule has 0 spiro atoms. The molecule has 1 aliphatic carbocycles. The summed E-state index contributed by atoms with van der Waals surface area (Å²) in [5.41, 5.74) is 2.84. The molecule has 1 aliphatic rings. The van der Waals surface area contributed by atoms with E-state index < -0.39 is 11.6 Å². The quantitative estimate of drug-likeness (QED) is 0.387. The van der Waals surface area contributed by atoms with Crippen molar-refractivity contribution in [2.45, 2.75) is 72.3 Å². The molecule has 0 radical (unpaired) electrons. The van der Waals surface area contributed by atoms with Crippen LogP contribution in [0.1, 0.15) is 75.4 Å². The number of phenols is 3. The van der Waals surface area contributed by atoms with Gasteiger partial charge in [-0.25, -0.2) is 0 Å². The van der Waals surface area contributed by atoms with Crippen LogP contribution < -0.4 is 0 Å². The monoisotopic (exact) mass is 452 g/mol. The first kappa shape index (κ1) is 24.4. The van der Waals surface area contributed by atoms with Gasteiger partial charge in [-0.05, 0) is 69.5 Å². The molecule has 6 heteroatoms. The number of carbonyl (C=O) groups excluding carboxylic acids is 2. The van der Waals surface area contributed by atoms with Crippen molar-refractivity contribution >= 4 is 22.5 Å². The summed E-state index contributed by atoms with van der Waals surface area (Å²) >= 11 is 0. The fourth-order valence-electron chi connectivity index (χ4n) is 4.66. The van der Waals surface area contributed by atoms with Crippen LogP contribution in [0.2, 0.25) is 0 Å². The molecule has 0 aromatic heterocycles. The standard InChI is InChI=1S/C27H32O6/c1-15(2)7-6-8-16(3)9-10-19-20-11-18(29)12-22(30)24(20)26(32)25-21(19)13-27(5,14-23(25)31)33-17(4)28/h7,9,11-12,29-30,32H,6,8,10,13-14H2,1-5H3/t27-/m0/s1. The van der Waals surface area contributed by atoms with Gasteiger partial charge in [-0.15, -0.1) is 0 Å². The van der Waals surface area contributed by atoms with Crippen molar-refractivity contribution in [2.75, 3.05) is 0 Å². The third-order valence-corrected chi connectivity index (χ3v) is 6.07. The van der Waals surface area contributed by atoms with E-state index in [1.165, 1.54) is 18.6 Å². The average Bonchev–Trinajstić information content (AvgIpc) is 2.65. The number of ether oxygens (including phenoxy) is 1. The van der Waals surface area contributed by atoms with Gasteiger partial charge in [-0.2, -0.15) is 0 Å². The zero-order chi connectivity index (χ0) is 24.5. The normalized spacial score (nSPS) is 18.2. The highest BCUT2D eigenvalue weighted by Gasteiger charge is 2.41. The van der Waals surface area contributed by atoms with Crippen molar-refractivity contribution < 1.29 is 29.6 Å². The molecular weight excluding hydrogens is 420 g/mol. The smallest absolute Gasteiger partial charge is 0.303 e. The second-order valence-corrected chi connectivity index (χ2v) is 9.46. The van der Waals surface area contributed by atoms with Gasteiger partial charge in [0, 0.05) is 19.4 Å². The third-order valence-electron chi connectivity index (χ3n) is 6.07. The van der Waals surface area contributed by atoms with E-state index in [0.717, 1.165) is 30.0 Å². The molecule has 0 unspecified atom stereocenters. The maximum atomic E-state index is 13.1. The molecule has 0 heterocycles. The second kappa shape index (κ2) is 9.30. The van der Waals surface area contributed by atoms with Crippen LogP contribution in [0.25, 0.3) is 10.8 Å². The summed E-state index contributed by atoms with van der Waals surface area (Å²) < 4.78 is 5.50. The van der Waals surface area contributed by atoms with Crippen molar-refractivity contribution in [3.63, 3.8) is 0 Å². The molecule has 3 rings (SSSR count).